The molecule has 0 bridgehead atoms. The summed E-state index contributed by atoms with van der Waals surface area (Å²) in [4.78, 5) is 8.21. The van der Waals surface area contributed by atoms with Crippen molar-refractivity contribution in [3.8, 4) is 11.5 Å². The molecule has 2 aliphatic heterocycles. The molecule has 6 rings (SSSR count). The van der Waals surface area contributed by atoms with E-state index in [-0.39, 0.29) is 31.8 Å². The van der Waals surface area contributed by atoms with Crippen molar-refractivity contribution < 1.29 is 29.6 Å². The van der Waals surface area contributed by atoms with Crippen LogP contribution in [0.4, 0.5) is 27.1 Å². The minimum absolute atomic E-state index is 0. The topological polar surface area (TPSA) is 22.2 Å². The van der Waals surface area contributed by atoms with Crippen molar-refractivity contribution in [1.29, 1.82) is 0 Å². The van der Waals surface area contributed by atoms with Crippen LogP contribution in [0, 0.1) is 31.3 Å². The fourth-order valence-electron chi connectivity index (χ4n) is 4.63. The number of nitrogens with zero attached hydrogens (tertiary/aromatic N) is 4. The van der Waals surface area contributed by atoms with Crippen molar-refractivity contribution in [1.82, 2.24) is 4.90 Å². The number of hydrogen-bond donors (Lipinski definition) is 0. The first-order valence-electron chi connectivity index (χ1n) is 12.4. The van der Waals surface area contributed by atoms with Crippen LogP contribution in [0.2, 0.25) is 0 Å². The first-order chi connectivity index (χ1) is 18.4. The Labute approximate surface area is 243 Å². The van der Waals surface area contributed by atoms with Gasteiger partial charge in [-0.15, -0.1) is 54.4 Å². The van der Waals surface area contributed by atoms with Gasteiger partial charge >= 0.3 is 0 Å². The van der Waals surface area contributed by atoms with Crippen LogP contribution >= 0.6 is 0 Å². The maximum atomic E-state index is 13.3. The second-order valence-corrected chi connectivity index (χ2v) is 9.78. The number of anilines is 4. The molecule has 39 heavy (non-hydrogen) atoms. The van der Waals surface area contributed by atoms with Gasteiger partial charge in [0.1, 0.15) is 5.82 Å². The maximum Gasteiger partial charge on any atom is 0.123 e. The molecule has 202 valence electrons. The predicted octanol–water partition coefficient (Wildman–Crippen LogP) is 7.57. The number of fused-ring (bicyclic) bond motifs is 1. The Morgan fingerprint density at radius 3 is 2.13 bits per heavy atom. The van der Waals surface area contributed by atoms with Crippen LogP contribution in [-0.4, -0.2) is 11.9 Å². The Morgan fingerprint density at radius 1 is 0.744 bits per heavy atom. The summed E-state index contributed by atoms with van der Waals surface area (Å²) in [5, 5.41) is 0. The van der Waals surface area contributed by atoms with E-state index in [1.165, 1.54) is 17.7 Å². The van der Waals surface area contributed by atoms with Crippen molar-refractivity contribution in [2.24, 2.45) is 0 Å². The van der Waals surface area contributed by atoms with Gasteiger partial charge in [-0.2, -0.15) is 18.8 Å². The molecule has 5 nitrogen and oxygen atoms in total. The summed E-state index contributed by atoms with van der Waals surface area (Å²) >= 11 is 0. The second-order valence-electron chi connectivity index (χ2n) is 9.78. The van der Waals surface area contributed by atoms with Gasteiger partial charge in [0, 0.05) is 48.8 Å². The van der Waals surface area contributed by atoms with E-state index in [1.54, 1.807) is 12.1 Å². The zero-order valence-corrected chi connectivity index (χ0v) is 23.3. The van der Waals surface area contributed by atoms with Crippen molar-refractivity contribution in [3.05, 3.63) is 134 Å². The van der Waals surface area contributed by atoms with Gasteiger partial charge in [-0.3, -0.25) is 0 Å². The molecule has 0 spiro atoms. The number of benzene rings is 4. The molecule has 2 heterocycles. The first-order valence-corrected chi connectivity index (χ1v) is 12.4. The van der Waals surface area contributed by atoms with E-state index >= 15 is 0 Å². The molecule has 0 fully saturated rings. The van der Waals surface area contributed by atoms with Gasteiger partial charge in [-0.05, 0) is 69.2 Å². The van der Waals surface area contributed by atoms with E-state index in [0.29, 0.717) is 11.5 Å². The average molecular weight is 609 g/mol. The zero-order chi connectivity index (χ0) is 26.3. The SMILES string of the molecule is CN1[CH-]N(c2[c-]c(Oc3[c-]c(N4C=CN(c5ccc(F)cc5)[CH-]4)ccc3)ccc2)c2ccccc2C1(C)C.[Pd]. The Morgan fingerprint density at radius 2 is 1.38 bits per heavy atom. The third kappa shape index (κ3) is 5.31. The van der Waals surface area contributed by atoms with Gasteiger partial charge in [0.25, 0.3) is 0 Å². The molecule has 0 N–H and O–H groups in total. The summed E-state index contributed by atoms with van der Waals surface area (Å²) < 4.78 is 19.5. The Hall–Kier alpha value is -3.63. The molecular formula is C32H27FN4OPd-4. The quantitative estimate of drug-likeness (QED) is 0.172. The number of para-hydroxylation sites is 1. The molecule has 0 aromatic heterocycles. The molecule has 2 aliphatic rings. The fourth-order valence-corrected chi connectivity index (χ4v) is 4.63. The number of rotatable bonds is 5. The molecular weight excluding hydrogens is 582 g/mol. The molecule has 0 saturated heterocycles. The standard InChI is InChI=1S/C32H27FN4O.Pd/c1-32(2)30-12-4-5-13-31(30)37(22-34(32)3)27-9-7-11-29(21-27)38-28-10-6-8-26(20-28)36-19-18-35(23-36)25-16-14-24(33)15-17-25;/h4-19,22-23H,1-3H3;/q-4;. The van der Waals surface area contributed by atoms with Crippen LogP contribution in [0.15, 0.2) is 97.3 Å². The minimum Gasteiger partial charge on any atom is -0.509 e. The van der Waals surface area contributed by atoms with Crippen molar-refractivity contribution in [2.75, 3.05) is 21.7 Å². The Kier molecular flexibility index (Phi) is 7.51. The summed E-state index contributed by atoms with van der Waals surface area (Å²) in [6.45, 7) is 8.46. The number of hydrogen-bond acceptors (Lipinski definition) is 5. The Bertz CT molecular complexity index is 1490. The predicted molar refractivity (Wildman–Crippen MR) is 149 cm³/mol. The van der Waals surface area contributed by atoms with Gasteiger partial charge in [0.2, 0.25) is 0 Å². The normalized spacial score (nSPS) is 16.2. The molecule has 0 aliphatic carbocycles. The van der Waals surface area contributed by atoms with Gasteiger partial charge in [-0.25, -0.2) is 4.39 Å². The third-order valence-electron chi connectivity index (χ3n) is 7.02. The van der Waals surface area contributed by atoms with Crippen LogP contribution < -0.4 is 19.4 Å². The largest absolute Gasteiger partial charge is 0.509 e. The molecule has 4 aromatic carbocycles. The molecule has 0 amide bonds. The van der Waals surface area contributed by atoms with Crippen LogP contribution in [0.5, 0.6) is 11.5 Å². The zero-order valence-electron chi connectivity index (χ0n) is 21.8. The molecule has 0 radical (unpaired) electrons. The van der Waals surface area contributed by atoms with E-state index in [0.717, 1.165) is 22.7 Å². The first kappa shape index (κ1) is 27.0. The van der Waals surface area contributed by atoms with E-state index < -0.39 is 0 Å². The van der Waals surface area contributed by atoms with E-state index in [1.807, 2.05) is 65.3 Å². The monoisotopic (exact) mass is 608 g/mol. The van der Waals surface area contributed by atoms with E-state index in [4.69, 9.17) is 4.74 Å². The van der Waals surface area contributed by atoms with Crippen molar-refractivity contribution in [3.63, 3.8) is 0 Å². The summed E-state index contributed by atoms with van der Waals surface area (Å²) in [6, 6.07) is 33.2. The average Bonchev–Trinajstić information content (AvgIpc) is 3.42. The molecule has 0 unspecified atom stereocenters. The summed E-state index contributed by atoms with van der Waals surface area (Å²) in [6.07, 6.45) is 3.84. The van der Waals surface area contributed by atoms with E-state index in [9.17, 15) is 4.39 Å². The van der Waals surface area contributed by atoms with Crippen LogP contribution in [0.25, 0.3) is 0 Å². The number of halogens is 1. The fraction of sp³-hybridized carbons (Fsp3) is 0.125. The molecule has 7 heteroatoms. The summed E-state index contributed by atoms with van der Waals surface area (Å²) in [5.74, 6) is 0.924. The third-order valence-corrected chi connectivity index (χ3v) is 7.02. The van der Waals surface area contributed by atoms with Crippen molar-refractivity contribution in [2.45, 2.75) is 19.4 Å². The molecule has 0 saturated carbocycles. The summed E-state index contributed by atoms with van der Waals surface area (Å²) in [5.41, 5.74) is 4.83. The maximum absolute atomic E-state index is 13.3. The van der Waals surface area contributed by atoms with Gasteiger partial charge in [0.15, 0.2) is 0 Å². The van der Waals surface area contributed by atoms with Crippen LogP contribution in [-0.2, 0) is 26.0 Å². The van der Waals surface area contributed by atoms with Gasteiger partial charge in [-0.1, -0.05) is 18.2 Å². The molecule has 4 aromatic rings. The minimum atomic E-state index is -0.258. The van der Waals surface area contributed by atoms with E-state index in [2.05, 4.69) is 73.8 Å². The smallest absolute Gasteiger partial charge is 0.123 e. The van der Waals surface area contributed by atoms with Crippen LogP contribution in [0.1, 0.15) is 19.4 Å². The van der Waals surface area contributed by atoms with Gasteiger partial charge < -0.3 is 24.3 Å². The summed E-state index contributed by atoms with van der Waals surface area (Å²) in [7, 11) is 2.09. The number of ether oxygens (including phenoxy) is 1. The van der Waals surface area contributed by atoms with Crippen LogP contribution in [0.3, 0.4) is 0 Å². The van der Waals surface area contributed by atoms with Gasteiger partial charge in [0.05, 0.1) is 0 Å². The van der Waals surface area contributed by atoms with Crippen molar-refractivity contribution >= 4 is 22.7 Å². The Balaban J connectivity index is 0.00000308. The second kappa shape index (κ2) is 10.9. The molecule has 0 atom stereocenters.